The highest BCUT2D eigenvalue weighted by Gasteiger charge is 2.31. The third-order valence-electron chi connectivity index (χ3n) is 3.42. The van der Waals surface area contributed by atoms with Crippen LogP contribution >= 0.6 is 0 Å². The summed E-state index contributed by atoms with van der Waals surface area (Å²) in [6.45, 7) is 3.46. The van der Waals surface area contributed by atoms with Gasteiger partial charge in [-0.15, -0.1) is 11.7 Å². The van der Waals surface area contributed by atoms with Crippen LogP contribution in [0.25, 0.3) is 11.0 Å². The van der Waals surface area contributed by atoms with Crippen LogP contribution in [0.4, 0.5) is 19.0 Å². The van der Waals surface area contributed by atoms with Crippen LogP contribution in [-0.2, 0) is 12.7 Å². The van der Waals surface area contributed by atoms with Gasteiger partial charge in [-0.25, -0.2) is 19.6 Å². The van der Waals surface area contributed by atoms with Crippen molar-refractivity contribution in [2.45, 2.75) is 18.8 Å². The van der Waals surface area contributed by atoms with Crippen LogP contribution < -0.4 is 10.5 Å². The molecular weight excluding hydrogens is 353 g/mol. The Hall–Kier alpha value is -3.21. The molecule has 0 aliphatic heterocycles. The summed E-state index contributed by atoms with van der Waals surface area (Å²) in [5.74, 6) is -0.420. The fourth-order valence-electron chi connectivity index (χ4n) is 2.19. The average Bonchev–Trinajstić information content (AvgIpc) is 2.93. The molecule has 26 heavy (non-hydrogen) atoms. The van der Waals surface area contributed by atoms with Crippen molar-refractivity contribution in [2.24, 2.45) is 0 Å². The van der Waals surface area contributed by atoms with Crippen molar-refractivity contribution in [3.8, 4) is 11.8 Å². The average molecular weight is 366 g/mol. The Labute approximate surface area is 144 Å². The number of anilines is 1. The minimum Gasteiger partial charge on any atom is -0.418 e. The Kier molecular flexibility index (Phi) is 4.47. The third-order valence-corrected chi connectivity index (χ3v) is 3.42. The number of rotatable bonds is 5. The number of hydrogen-bond acceptors (Lipinski definition) is 7. The van der Waals surface area contributed by atoms with Crippen molar-refractivity contribution in [3.05, 3.63) is 42.9 Å². The molecule has 3 N–H and O–H groups in total. The summed E-state index contributed by atoms with van der Waals surface area (Å²) in [5, 5.41) is 14.0. The molecule has 0 aliphatic rings. The second-order valence-electron chi connectivity index (χ2n) is 5.23. The number of nitrogens with zero attached hydrogens (tertiary/aromatic N) is 5. The van der Waals surface area contributed by atoms with Gasteiger partial charge in [-0.1, -0.05) is 6.08 Å². The molecule has 0 amide bonds. The van der Waals surface area contributed by atoms with E-state index in [-0.39, 0.29) is 35.2 Å². The maximum Gasteiger partial charge on any atom is 0.416 e. The van der Waals surface area contributed by atoms with E-state index in [1.165, 1.54) is 17.1 Å². The molecule has 3 heterocycles. The zero-order valence-electron chi connectivity index (χ0n) is 13.2. The third kappa shape index (κ3) is 3.42. The SMILES string of the molecule is C=CC(O)Cn1nc(Oc2cc(C(F)(F)F)ccn2)c2c(N)ncnc21. The van der Waals surface area contributed by atoms with Gasteiger partial charge in [0.25, 0.3) is 5.88 Å². The van der Waals surface area contributed by atoms with Crippen molar-refractivity contribution in [3.63, 3.8) is 0 Å². The highest BCUT2D eigenvalue weighted by Crippen LogP contribution is 2.34. The van der Waals surface area contributed by atoms with E-state index < -0.39 is 17.8 Å². The monoisotopic (exact) mass is 366 g/mol. The highest BCUT2D eigenvalue weighted by molar-refractivity contribution is 5.90. The number of aliphatic hydroxyl groups excluding tert-OH is 1. The maximum absolute atomic E-state index is 12.8. The van der Waals surface area contributed by atoms with E-state index in [0.29, 0.717) is 0 Å². The molecule has 1 atom stereocenters. The Morgan fingerprint density at radius 3 is 2.81 bits per heavy atom. The van der Waals surface area contributed by atoms with Crippen molar-refractivity contribution in [2.75, 3.05) is 5.73 Å². The van der Waals surface area contributed by atoms with Crippen LogP contribution in [0.1, 0.15) is 5.56 Å². The largest absolute Gasteiger partial charge is 0.418 e. The molecule has 0 bridgehead atoms. The van der Waals surface area contributed by atoms with Crippen LogP contribution in [0, 0.1) is 0 Å². The number of aromatic nitrogens is 5. The number of pyridine rings is 1. The Morgan fingerprint density at radius 1 is 1.35 bits per heavy atom. The first-order chi connectivity index (χ1) is 12.3. The second-order valence-corrected chi connectivity index (χ2v) is 5.23. The lowest BCUT2D eigenvalue weighted by atomic mass is 10.2. The fraction of sp³-hybridized carbons (Fsp3) is 0.200. The normalized spacial score (nSPS) is 12.9. The van der Waals surface area contributed by atoms with Gasteiger partial charge in [0, 0.05) is 12.3 Å². The molecule has 136 valence electrons. The first-order valence-corrected chi connectivity index (χ1v) is 7.28. The molecule has 0 radical (unpaired) electrons. The van der Waals surface area contributed by atoms with Gasteiger partial charge >= 0.3 is 6.18 Å². The summed E-state index contributed by atoms with van der Waals surface area (Å²) in [4.78, 5) is 11.6. The number of nitrogen functional groups attached to an aromatic ring is 1. The summed E-state index contributed by atoms with van der Waals surface area (Å²) in [6.07, 6.45) is -2.00. The van der Waals surface area contributed by atoms with Crippen molar-refractivity contribution < 1.29 is 23.0 Å². The Balaban J connectivity index is 2.04. The summed E-state index contributed by atoms with van der Waals surface area (Å²) in [7, 11) is 0. The summed E-state index contributed by atoms with van der Waals surface area (Å²) in [5.41, 5.74) is 5.15. The van der Waals surface area contributed by atoms with Gasteiger partial charge in [-0.05, 0) is 6.07 Å². The molecule has 0 saturated heterocycles. The molecule has 11 heteroatoms. The summed E-state index contributed by atoms with van der Waals surface area (Å²) < 4.78 is 45.2. The molecule has 3 aromatic heterocycles. The Morgan fingerprint density at radius 2 is 2.12 bits per heavy atom. The minimum absolute atomic E-state index is 0.00413. The summed E-state index contributed by atoms with van der Waals surface area (Å²) in [6, 6.07) is 1.56. The molecule has 0 spiro atoms. The first-order valence-electron chi connectivity index (χ1n) is 7.28. The van der Waals surface area contributed by atoms with E-state index in [1.807, 2.05) is 0 Å². The van der Waals surface area contributed by atoms with Gasteiger partial charge in [0.05, 0.1) is 18.2 Å². The highest BCUT2D eigenvalue weighted by atomic mass is 19.4. The second kappa shape index (κ2) is 6.59. The predicted molar refractivity (Wildman–Crippen MR) is 85.3 cm³/mol. The van der Waals surface area contributed by atoms with E-state index in [4.69, 9.17) is 10.5 Å². The van der Waals surface area contributed by atoms with Gasteiger partial charge in [0.1, 0.15) is 17.5 Å². The number of nitrogens with two attached hydrogens (primary N) is 1. The molecule has 0 aromatic carbocycles. The van der Waals surface area contributed by atoms with Crippen LogP contribution in [-0.4, -0.2) is 35.9 Å². The van der Waals surface area contributed by atoms with Crippen molar-refractivity contribution >= 4 is 16.9 Å². The molecule has 3 aromatic rings. The minimum atomic E-state index is -4.54. The van der Waals surface area contributed by atoms with Gasteiger partial charge in [-0.2, -0.15) is 13.2 Å². The smallest absolute Gasteiger partial charge is 0.416 e. The van der Waals surface area contributed by atoms with Gasteiger partial charge in [0.15, 0.2) is 5.65 Å². The lowest BCUT2D eigenvalue weighted by Crippen LogP contribution is -2.14. The Bertz CT molecular complexity index is 956. The first kappa shape index (κ1) is 17.6. The molecule has 0 fully saturated rings. The van der Waals surface area contributed by atoms with Gasteiger partial charge in [0.2, 0.25) is 5.88 Å². The predicted octanol–water partition coefficient (Wildman–Crippen LogP) is 2.16. The number of aliphatic hydroxyl groups is 1. The standard InChI is InChI=1S/C15H13F3N6O2/c1-2-9(25)6-24-13-11(12(19)21-7-22-13)14(23-24)26-10-5-8(3-4-20-10)15(16,17)18/h2-5,7,9,25H,1,6H2,(H2,19,21,22). The van der Waals surface area contributed by atoms with E-state index in [0.717, 1.165) is 18.3 Å². The number of hydrogen-bond donors (Lipinski definition) is 2. The molecule has 0 aliphatic carbocycles. The van der Waals surface area contributed by atoms with Crippen molar-refractivity contribution in [1.29, 1.82) is 0 Å². The zero-order chi connectivity index (χ0) is 18.9. The van der Waals surface area contributed by atoms with Gasteiger partial charge in [-0.3, -0.25) is 0 Å². The molecule has 1 unspecified atom stereocenters. The van der Waals surface area contributed by atoms with Crippen LogP contribution in [0.5, 0.6) is 11.8 Å². The quantitative estimate of drug-likeness (QED) is 0.666. The van der Waals surface area contributed by atoms with Crippen LogP contribution in [0.15, 0.2) is 37.3 Å². The van der Waals surface area contributed by atoms with Crippen molar-refractivity contribution in [1.82, 2.24) is 24.7 Å². The lowest BCUT2D eigenvalue weighted by molar-refractivity contribution is -0.137. The topological polar surface area (TPSA) is 112 Å². The number of ether oxygens (including phenoxy) is 1. The van der Waals surface area contributed by atoms with E-state index in [1.54, 1.807) is 0 Å². The van der Waals surface area contributed by atoms with Crippen LogP contribution in [0.2, 0.25) is 0 Å². The number of fused-ring (bicyclic) bond motifs is 1. The zero-order valence-corrected chi connectivity index (χ0v) is 13.2. The van der Waals surface area contributed by atoms with E-state index >= 15 is 0 Å². The molecule has 8 nitrogen and oxygen atoms in total. The van der Waals surface area contributed by atoms with Gasteiger partial charge < -0.3 is 15.6 Å². The number of alkyl halides is 3. The fourth-order valence-corrected chi connectivity index (χ4v) is 2.19. The molecular formula is C15H13F3N6O2. The van der Waals surface area contributed by atoms with E-state index in [9.17, 15) is 18.3 Å². The molecule has 3 rings (SSSR count). The molecule has 0 saturated carbocycles. The van der Waals surface area contributed by atoms with E-state index in [2.05, 4.69) is 26.6 Å². The lowest BCUT2D eigenvalue weighted by Gasteiger charge is -2.08. The maximum atomic E-state index is 12.8. The van der Waals surface area contributed by atoms with Crippen LogP contribution in [0.3, 0.4) is 0 Å². The summed E-state index contributed by atoms with van der Waals surface area (Å²) >= 11 is 0. The number of halogens is 3.